The van der Waals surface area contributed by atoms with Crippen LogP contribution in [0.5, 0.6) is 0 Å². The maximum Gasteiger partial charge on any atom is 0.503 e. The summed E-state index contributed by atoms with van der Waals surface area (Å²) in [6.07, 6.45) is 5.96. The van der Waals surface area contributed by atoms with Gasteiger partial charge in [0.1, 0.15) is 0 Å². The number of hydrogen-bond acceptors (Lipinski definition) is 6. The minimum Gasteiger partial charge on any atom is -0.371 e. The van der Waals surface area contributed by atoms with E-state index in [9.17, 15) is 14.4 Å². The van der Waals surface area contributed by atoms with Crippen molar-refractivity contribution in [3.05, 3.63) is 0 Å². The van der Waals surface area contributed by atoms with Gasteiger partial charge in [0.25, 0.3) is 0 Å². The van der Waals surface area contributed by atoms with Gasteiger partial charge in [-0.1, -0.05) is 114 Å². The number of amides is 3. The van der Waals surface area contributed by atoms with Crippen LogP contribution >= 0.6 is 0 Å². The van der Waals surface area contributed by atoms with Crippen LogP contribution in [-0.2, 0) is 27.7 Å². The van der Waals surface area contributed by atoms with Gasteiger partial charge in [-0.05, 0) is 96.9 Å². The fourth-order valence-electron chi connectivity index (χ4n) is 7.00. The Morgan fingerprint density at radius 1 is 0.393 bits per heavy atom. The Balaban J connectivity index is -0.000000781. The monoisotopic (exact) mass is 832 g/mol. The maximum atomic E-state index is 11.9. The number of carbonyl (C=O) groups is 3. The zero-order valence-corrected chi connectivity index (χ0v) is 42.7. The maximum absolute atomic E-state index is 11.9. The van der Waals surface area contributed by atoms with Crippen LogP contribution < -0.4 is 16.0 Å². The van der Waals surface area contributed by atoms with Crippen LogP contribution in [0.15, 0.2) is 0 Å². The zero-order valence-electron chi connectivity index (χ0n) is 40.7. The highest BCUT2D eigenvalue weighted by Crippen LogP contribution is 2.44. The van der Waals surface area contributed by atoms with Crippen LogP contribution in [0.25, 0.3) is 0 Å². The molecule has 9 nitrogen and oxygen atoms in total. The largest absolute Gasteiger partial charge is 0.503 e. The molecular formula is C45H97N3O6Si2. The van der Waals surface area contributed by atoms with Crippen molar-refractivity contribution >= 4 is 34.6 Å². The van der Waals surface area contributed by atoms with E-state index in [1.807, 2.05) is 41.5 Å². The van der Waals surface area contributed by atoms with Gasteiger partial charge in [0.2, 0.25) is 17.7 Å². The van der Waals surface area contributed by atoms with Crippen LogP contribution in [0.4, 0.5) is 0 Å². The molecule has 0 heterocycles. The first kappa shape index (κ1) is 59.0. The molecule has 3 amide bonds. The summed E-state index contributed by atoms with van der Waals surface area (Å²) in [5, 5.41) is 9.05. The topological polar surface area (TPSA) is 115 Å². The molecule has 0 aliphatic carbocycles. The standard InChI is InChI=1S/C17H37NO4Si.C17H37NOSi.C11H23NO/c1-13(2)9-10-17(19)18-11-12-23(20-14(3)4,21-15(5)6)22-16(7)8;1-13(2)9-10-17(19)18-11-12-20(14(3)4,15(5)6)16(7)8;1-9(2)5-6-11(13)12-8-7-10(3)4/h13-16H,9-12H2,1-8H3,(H,18,19);13-16H,9-12H2,1-8H3,(H,18,19);9-10H,5-8H2,1-4H3,(H,12,13). The predicted octanol–water partition coefficient (Wildman–Crippen LogP) is 11.6. The first-order chi connectivity index (χ1) is 25.7. The Morgan fingerprint density at radius 3 is 0.911 bits per heavy atom. The van der Waals surface area contributed by atoms with Gasteiger partial charge in [-0.2, -0.15) is 0 Å². The lowest BCUT2D eigenvalue weighted by atomic mass is 10.1. The van der Waals surface area contributed by atoms with Gasteiger partial charge >= 0.3 is 8.80 Å². The van der Waals surface area contributed by atoms with Gasteiger partial charge in [-0.3, -0.25) is 14.4 Å². The molecule has 0 aromatic heterocycles. The highest BCUT2D eigenvalue weighted by molar-refractivity contribution is 6.83. The number of carbonyl (C=O) groups excluding carboxylic acids is 3. The molecule has 0 aliphatic rings. The lowest BCUT2D eigenvalue weighted by Gasteiger charge is -2.43. The second-order valence-corrected chi connectivity index (χ2v) is 28.1. The van der Waals surface area contributed by atoms with Crippen molar-refractivity contribution in [3.63, 3.8) is 0 Å². The van der Waals surface area contributed by atoms with Crippen LogP contribution in [0.1, 0.15) is 183 Å². The third-order valence-electron chi connectivity index (χ3n) is 9.99. The number of hydrogen-bond donors (Lipinski definition) is 3. The van der Waals surface area contributed by atoms with Crippen molar-refractivity contribution in [3.8, 4) is 0 Å². The zero-order chi connectivity index (χ0) is 44.2. The molecule has 0 saturated heterocycles. The molecule has 0 fully saturated rings. The average molecular weight is 832 g/mol. The Kier molecular flexibility index (Phi) is 34.3. The smallest absolute Gasteiger partial charge is 0.371 e. The lowest BCUT2D eigenvalue weighted by molar-refractivity contribution is -0.122. The van der Waals surface area contributed by atoms with E-state index in [-0.39, 0.29) is 36.0 Å². The first-order valence-corrected chi connectivity index (χ1v) is 26.9. The van der Waals surface area contributed by atoms with Gasteiger partial charge < -0.3 is 29.2 Å². The Morgan fingerprint density at radius 2 is 0.661 bits per heavy atom. The molecule has 0 aromatic carbocycles. The summed E-state index contributed by atoms with van der Waals surface area (Å²) < 4.78 is 18.2. The van der Waals surface area contributed by atoms with E-state index in [0.717, 1.165) is 55.4 Å². The summed E-state index contributed by atoms with van der Waals surface area (Å²) in [5.41, 5.74) is 2.32. The molecule has 56 heavy (non-hydrogen) atoms. The second-order valence-electron chi connectivity index (χ2n) is 19.3. The van der Waals surface area contributed by atoms with Crippen LogP contribution in [0.3, 0.4) is 0 Å². The van der Waals surface area contributed by atoms with Gasteiger partial charge in [0.15, 0.2) is 0 Å². The van der Waals surface area contributed by atoms with Crippen molar-refractivity contribution in [2.45, 2.75) is 230 Å². The summed E-state index contributed by atoms with van der Waals surface area (Å²) in [6, 6.07) is 1.81. The molecule has 0 unspecified atom stereocenters. The van der Waals surface area contributed by atoms with E-state index in [0.29, 0.717) is 55.5 Å². The summed E-state index contributed by atoms with van der Waals surface area (Å²) in [4.78, 5) is 34.9. The molecule has 0 rings (SSSR count). The van der Waals surface area contributed by atoms with Crippen molar-refractivity contribution < 1.29 is 27.7 Å². The summed E-state index contributed by atoms with van der Waals surface area (Å²) in [5.74, 6) is 2.96. The van der Waals surface area contributed by atoms with E-state index >= 15 is 0 Å². The molecule has 0 atom stereocenters. The highest BCUT2D eigenvalue weighted by Gasteiger charge is 2.44. The van der Waals surface area contributed by atoms with Crippen molar-refractivity contribution in [2.24, 2.45) is 23.7 Å². The fourth-order valence-corrected chi connectivity index (χ4v) is 16.4. The third kappa shape index (κ3) is 31.7. The van der Waals surface area contributed by atoms with Crippen molar-refractivity contribution in [1.82, 2.24) is 16.0 Å². The van der Waals surface area contributed by atoms with Crippen LogP contribution in [0, 0.1) is 23.7 Å². The third-order valence-corrected chi connectivity index (χ3v) is 20.9. The van der Waals surface area contributed by atoms with E-state index in [1.54, 1.807) is 0 Å². The van der Waals surface area contributed by atoms with E-state index in [4.69, 9.17) is 13.3 Å². The molecule has 3 N–H and O–H groups in total. The normalized spacial score (nSPS) is 12.3. The molecule has 0 aromatic rings. The SMILES string of the molecule is CC(C)CCC(=O)NCC[Si](C(C)C)(C(C)C)C(C)C.CC(C)CCC(=O)NCC[Si](OC(C)C)(OC(C)C)OC(C)C.CC(C)CCNC(=O)CCC(C)C. The van der Waals surface area contributed by atoms with E-state index < -0.39 is 16.9 Å². The molecule has 11 heteroatoms. The predicted molar refractivity (Wildman–Crippen MR) is 246 cm³/mol. The molecular weight excluding hydrogens is 735 g/mol. The van der Waals surface area contributed by atoms with E-state index in [2.05, 4.69) is 113 Å². The van der Waals surface area contributed by atoms with Gasteiger partial charge in [0, 0.05) is 63.3 Å². The summed E-state index contributed by atoms with van der Waals surface area (Å²) >= 11 is 0. The quantitative estimate of drug-likeness (QED) is 0.0710. The van der Waals surface area contributed by atoms with Crippen molar-refractivity contribution in [2.75, 3.05) is 19.6 Å². The first-order valence-electron chi connectivity index (χ1n) is 22.6. The number of rotatable bonds is 27. The molecule has 336 valence electrons. The van der Waals surface area contributed by atoms with Gasteiger partial charge in [-0.15, -0.1) is 0 Å². The molecule has 0 bridgehead atoms. The van der Waals surface area contributed by atoms with Gasteiger partial charge in [-0.25, -0.2) is 0 Å². The highest BCUT2D eigenvalue weighted by atomic mass is 28.4. The summed E-state index contributed by atoms with van der Waals surface area (Å²) in [7, 11) is -4.17. The van der Waals surface area contributed by atoms with E-state index in [1.165, 1.54) is 6.04 Å². The Labute approximate surface area is 350 Å². The van der Waals surface area contributed by atoms with Gasteiger partial charge in [0.05, 0.1) is 8.07 Å². The fraction of sp³-hybridized carbons (Fsp3) is 0.933. The molecule has 0 spiro atoms. The van der Waals surface area contributed by atoms with Crippen LogP contribution in [-0.4, -0.2) is 72.5 Å². The molecule has 0 radical (unpaired) electrons. The van der Waals surface area contributed by atoms with Crippen molar-refractivity contribution in [1.29, 1.82) is 0 Å². The van der Waals surface area contributed by atoms with Crippen LogP contribution in [0.2, 0.25) is 28.7 Å². The average Bonchev–Trinajstić information content (AvgIpc) is 3.02. The minimum atomic E-state index is -2.81. The second kappa shape index (κ2) is 32.6. The summed E-state index contributed by atoms with van der Waals surface area (Å²) in [6.45, 7) is 45.6. The Bertz CT molecular complexity index is 952. The molecule has 0 aliphatic heterocycles. The lowest BCUT2D eigenvalue weighted by Crippen LogP contribution is -2.52. The number of nitrogens with one attached hydrogen (secondary N) is 3. The molecule has 0 saturated carbocycles. The Hall–Kier alpha value is -1.28. The minimum absolute atomic E-state index is 0.0239.